The molecular weight excluding hydrogens is 416 g/mol. The van der Waals surface area contributed by atoms with Crippen LogP contribution in [0.4, 0.5) is 0 Å². The lowest BCUT2D eigenvalue weighted by atomic mass is 10.0. The van der Waals surface area contributed by atoms with Crippen LogP contribution in [0.2, 0.25) is 5.02 Å². The summed E-state index contributed by atoms with van der Waals surface area (Å²) in [5.41, 5.74) is 5.57. The van der Waals surface area contributed by atoms with Crippen LogP contribution in [-0.2, 0) is 16.1 Å². The zero-order valence-electron chi connectivity index (χ0n) is 17.4. The van der Waals surface area contributed by atoms with Crippen molar-refractivity contribution in [1.82, 2.24) is 15.1 Å². The highest BCUT2D eigenvalue weighted by molar-refractivity contribution is 6.32. The first-order valence-electron chi connectivity index (χ1n) is 9.52. The van der Waals surface area contributed by atoms with Crippen molar-refractivity contribution in [2.24, 2.45) is 0 Å². The monoisotopic (exact) mass is 436 g/mol. The van der Waals surface area contributed by atoms with Gasteiger partial charge in [0.25, 0.3) is 5.91 Å². The quantitative estimate of drug-likeness (QED) is 0.595. The number of halogens is 1. The summed E-state index contributed by atoms with van der Waals surface area (Å²) in [4.78, 5) is 23.3. The highest BCUT2D eigenvalue weighted by Gasteiger charge is 2.15. The zero-order chi connectivity index (χ0) is 22.5. The van der Waals surface area contributed by atoms with E-state index in [4.69, 9.17) is 16.9 Å². The van der Waals surface area contributed by atoms with Crippen LogP contribution < -0.4 is 5.32 Å². The van der Waals surface area contributed by atoms with E-state index in [1.54, 1.807) is 24.3 Å². The van der Waals surface area contributed by atoms with Crippen molar-refractivity contribution < 1.29 is 14.3 Å². The number of rotatable bonds is 6. The van der Waals surface area contributed by atoms with Crippen LogP contribution in [0.15, 0.2) is 42.5 Å². The molecule has 1 heterocycles. The van der Waals surface area contributed by atoms with Gasteiger partial charge in [0.1, 0.15) is 12.6 Å². The van der Waals surface area contributed by atoms with Crippen molar-refractivity contribution in [1.29, 1.82) is 5.26 Å². The Kier molecular flexibility index (Phi) is 6.73. The predicted octanol–water partition coefficient (Wildman–Crippen LogP) is 3.64. The molecule has 0 bridgehead atoms. The van der Waals surface area contributed by atoms with Gasteiger partial charge in [0.05, 0.1) is 29.9 Å². The fraction of sp³-hybridized carbons (Fsp3) is 0.217. The standard InChI is InChI=1S/C23H21ClN4O3/c1-14-22(18-8-9-19(11-25)20(24)10-18)15(2)28(27-14)13-16-4-6-17(7-5-16)23(30)26-12-21(29)31-3/h4-10H,12-13H2,1-3H3,(H,26,30). The molecule has 1 aromatic heterocycles. The molecule has 0 atom stereocenters. The molecule has 8 heteroatoms. The van der Waals surface area contributed by atoms with Gasteiger partial charge in [-0.25, -0.2) is 0 Å². The summed E-state index contributed by atoms with van der Waals surface area (Å²) in [5.74, 6) is -0.850. The zero-order valence-corrected chi connectivity index (χ0v) is 18.2. The molecular formula is C23H21ClN4O3. The maximum atomic E-state index is 12.1. The lowest BCUT2D eigenvalue weighted by molar-refractivity contribution is -0.139. The summed E-state index contributed by atoms with van der Waals surface area (Å²) in [7, 11) is 1.27. The Balaban J connectivity index is 1.77. The summed E-state index contributed by atoms with van der Waals surface area (Å²) >= 11 is 6.20. The van der Waals surface area contributed by atoms with Gasteiger partial charge in [-0.2, -0.15) is 10.4 Å². The Morgan fingerprint density at radius 1 is 1.19 bits per heavy atom. The van der Waals surface area contributed by atoms with Crippen LogP contribution in [0.3, 0.4) is 0 Å². The van der Waals surface area contributed by atoms with E-state index >= 15 is 0 Å². The molecule has 0 fully saturated rings. The predicted molar refractivity (Wildman–Crippen MR) is 117 cm³/mol. The Hall–Kier alpha value is -3.63. The van der Waals surface area contributed by atoms with E-state index in [2.05, 4.69) is 21.2 Å². The van der Waals surface area contributed by atoms with Crippen molar-refractivity contribution in [2.75, 3.05) is 13.7 Å². The van der Waals surface area contributed by atoms with Gasteiger partial charge >= 0.3 is 5.97 Å². The number of benzene rings is 2. The molecule has 0 spiro atoms. The van der Waals surface area contributed by atoms with E-state index in [9.17, 15) is 9.59 Å². The van der Waals surface area contributed by atoms with E-state index in [-0.39, 0.29) is 12.5 Å². The highest BCUT2D eigenvalue weighted by atomic mass is 35.5. The molecule has 3 rings (SSSR count). The van der Waals surface area contributed by atoms with E-state index in [0.717, 1.165) is 28.1 Å². The minimum absolute atomic E-state index is 0.176. The molecule has 31 heavy (non-hydrogen) atoms. The third-order valence-electron chi connectivity index (χ3n) is 4.93. The first-order valence-corrected chi connectivity index (χ1v) is 9.89. The number of aromatic nitrogens is 2. The lowest BCUT2D eigenvalue weighted by Gasteiger charge is -2.08. The molecule has 0 saturated heterocycles. The summed E-state index contributed by atoms with van der Waals surface area (Å²) in [6.45, 7) is 4.27. The van der Waals surface area contributed by atoms with E-state index in [1.165, 1.54) is 7.11 Å². The molecule has 3 aromatic rings. The van der Waals surface area contributed by atoms with Gasteiger partial charge in [-0.15, -0.1) is 0 Å². The largest absolute Gasteiger partial charge is 0.468 e. The van der Waals surface area contributed by atoms with Gasteiger partial charge in [-0.1, -0.05) is 29.8 Å². The Morgan fingerprint density at radius 2 is 1.90 bits per heavy atom. The number of carbonyl (C=O) groups is 2. The summed E-state index contributed by atoms with van der Waals surface area (Å²) < 4.78 is 6.40. The number of esters is 1. The average molecular weight is 437 g/mol. The molecule has 1 N–H and O–H groups in total. The van der Waals surface area contributed by atoms with Crippen LogP contribution in [0.25, 0.3) is 11.1 Å². The number of amides is 1. The Labute approximate surface area is 185 Å². The number of nitriles is 1. The maximum Gasteiger partial charge on any atom is 0.325 e. The van der Waals surface area contributed by atoms with Crippen molar-refractivity contribution in [2.45, 2.75) is 20.4 Å². The Morgan fingerprint density at radius 3 is 2.52 bits per heavy atom. The SMILES string of the molecule is COC(=O)CNC(=O)c1ccc(Cn2nc(C)c(-c3ccc(C#N)c(Cl)c3)c2C)cc1. The van der Waals surface area contributed by atoms with Crippen molar-refractivity contribution >= 4 is 23.5 Å². The highest BCUT2D eigenvalue weighted by Crippen LogP contribution is 2.30. The number of hydrogen-bond donors (Lipinski definition) is 1. The number of aryl methyl sites for hydroxylation is 1. The van der Waals surface area contributed by atoms with Crippen molar-refractivity contribution in [3.05, 3.63) is 75.6 Å². The second-order valence-corrected chi connectivity index (χ2v) is 7.37. The number of carbonyl (C=O) groups excluding carboxylic acids is 2. The fourth-order valence-corrected chi connectivity index (χ4v) is 3.51. The van der Waals surface area contributed by atoms with Crippen molar-refractivity contribution in [3.8, 4) is 17.2 Å². The summed E-state index contributed by atoms with van der Waals surface area (Å²) in [5, 5.41) is 16.6. The molecule has 1 amide bonds. The van der Waals surface area contributed by atoms with Gasteiger partial charge in [-0.3, -0.25) is 14.3 Å². The summed E-state index contributed by atoms with van der Waals surface area (Å²) in [6, 6.07) is 14.5. The smallest absolute Gasteiger partial charge is 0.325 e. The normalized spacial score (nSPS) is 10.4. The van der Waals surface area contributed by atoms with E-state index < -0.39 is 5.97 Å². The minimum Gasteiger partial charge on any atom is -0.468 e. The van der Waals surface area contributed by atoms with Crippen LogP contribution in [0, 0.1) is 25.2 Å². The van der Waals surface area contributed by atoms with Gasteiger partial charge in [0.15, 0.2) is 0 Å². The second kappa shape index (κ2) is 9.45. The first kappa shape index (κ1) is 22.1. The molecule has 0 aliphatic heterocycles. The maximum absolute atomic E-state index is 12.1. The lowest BCUT2D eigenvalue weighted by Crippen LogP contribution is -2.30. The molecule has 0 radical (unpaired) electrons. The van der Waals surface area contributed by atoms with Crippen LogP contribution in [-0.4, -0.2) is 35.3 Å². The van der Waals surface area contributed by atoms with Gasteiger partial charge < -0.3 is 10.1 Å². The van der Waals surface area contributed by atoms with Crippen molar-refractivity contribution in [3.63, 3.8) is 0 Å². The molecule has 0 aliphatic carbocycles. The first-order chi connectivity index (χ1) is 14.8. The second-order valence-electron chi connectivity index (χ2n) is 6.97. The molecule has 0 aliphatic rings. The average Bonchev–Trinajstić information content (AvgIpc) is 3.04. The number of hydrogen-bond acceptors (Lipinski definition) is 5. The summed E-state index contributed by atoms with van der Waals surface area (Å²) in [6.07, 6.45) is 0. The van der Waals surface area contributed by atoms with Crippen LogP contribution in [0.5, 0.6) is 0 Å². The third-order valence-corrected chi connectivity index (χ3v) is 5.24. The number of nitrogens with zero attached hydrogens (tertiary/aromatic N) is 3. The molecule has 2 aromatic carbocycles. The van der Waals surface area contributed by atoms with E-state index in [0.29, 0.717) is 22.7 Å². The molecule has 0 unspecified atom stereocenters. The number of ether oxygens (including phenoxy) is 1. The van der Waals surface area contributed by atoms with Gasteiger partial charge in [0, 0.05) is 16.8 Å². The number of methoxy groups -OCH3 is 1. The molecule has 7 nitrogen and oxygen atoms in total. The van der Waals surface area contributed by atoms with Gasteiger partial charge in [-0.05, 0) is 49.2 Å². The minimum atomic E-state index is -0.506. The van der Waals surface area contributed by atoms with Crippen LogP contribution >= 0.6 is 11.6 Å². The molecule has 158 valence electrons. The van der Waals surface area contributed by atoms with Crippen LogP contribution in [0.1, 0.15) is 32.9 Å². The Bertz CT molecular complexity index is 1180. The number of nitrogens with one attached hydrogen (secondary N) is 1. The van der Waals surface area contributed by atoms with Gasteiger partial charge in [0.2, 0.25) is 0 Å². The fourth-order valence-electron chi connectivity index (χ4n) is 3.29. The van der Waals surface area contributed by atoms with E-state index in [1.807, 2.05) is 36.7 Å². The topological polar surface area (TPSA) is 97.0 Å². The third kappa shape index (κ3) is 4.93. The molecule has 0 saturated carbocycles.